The van der Waals surface area contributed by atoms with Gasteiger partial charge in [-0.1, -0.05) is 166 Å². The van der Waals surface area contributed by atoms with E-state index >= 15 is 0 Å². The smallest absolute Gasteiger partial charge is 0.249 e. The first-order valence-corrected chi connectivity index (χ1v) is 23.9. The van der Waals surface area contributed by atoms with Gasteiger partial charge in [-0.25, -0.2) is 0 Å². The maximum Gasteiger partial charge on any atom is 0.249 e. The molecule has 0 spiro atoms. The fraction of sp³-hybridized carbons (Fsp3) is 0.854. The lowest BCUT2D eigenvalue weighted by atomic mass is 9.98. The molecule has 0 aromatic heterocycles. The minimum Gasteiger partial charge on any atom is -0.394 e. The topological polar surface area (TPSA) is 189 Å². The molecule has 0 aromatic carbocycles. The van der Waals surface area contributed by atoms with Crippen LogP contribution in [0.25, 0.3) is 0 Å². The SMILES string of the molecule is CCCCCCCCCC/C=C/CC/C=C/CC/C=C/CCCC(O)C(O)C(COC1OC(CO)C(O)C(O)C1O)NC(=O)C(O)CCCCCCCCCCCCC. The molecule has 1 saturated heterocycles. The van der Waals surface area contributed by atoms with Gasteiger partial charge in [0.2, 0.25) is 5.91 Å². The molecule has 1 amide bonds. The van der Waals surface area contributed by atoms with E-state index in [-0.39, 0.29) is 12.8 Å². The summed E-state index contributed by atoms with van der Waals surface area (Å²) in [6.07, 6.45) is 32.0. The Morgan fingerprint density at radius 1 is 0.576 bits per heavy atom. The number of carbonyl (C=O) groups is 1. The normalized spacial score (nSPS) is 22.1. The highest BCUT2D eigenvalue weighted by Crippen LogP contribution is 2.23. The molecule has 1 aliphatic heterocycles. The Balaban J connectivity index is 2.46. The van der Waals surface area contributed by atoms with Gasteiger partial charge in [-0.2, -0.15) is 0 Å². The van der Waals surface area contributed by atoms with Gasteiger partial charge in [0.1, 0.15) is 36.6 Å². The van der Waals surface area contributed by atoms with Crippen LogP contribution in [0, 0.1) is 0 Å². The Labute approximate surface area is 358 Å². The summed E-state index contributed by atoms with van der Waals surface area (Å²) in [7, 11) is 0. The highest BCUT2D eigenvalue weighted by Gasteiger charge is 2.44. The van der Waals surface area contributed by atoms with Crippen molar-refractivity contribution in [2.24, 2.45) is 0 Å². The van der Waals surface area contributed by atoms with Crippen molar-refractivity contribution in [3.63, 3.8) is 0 Å². The molecule has 1 heterocycles. The van der Waals surface area contributed by atoms with Crippen LogP contribution >= 0.6 is 0 Å². The van der Waals surface area contributed by atoms with Crippen LogP contribution in [-0.2, 0) is 14.3 Å². The summed E-state index contributed by atoms with van der Waals surface area (Å²) in [5.74, 6) is -0.715. The number of hydrogen-bond acceptors (Lipinski definition) is 10. The van der Waals surface area contributed by atoms with Gasteiger partial charge in [-0.15, -0.1) is 0 Å². The number of ether oxygens (including phenoxy) is 2. The second kappa shape index (κ2) is 38.0. The van der Waals surface area contributed by atoms with Crippen molar-refractivity contribution in [2.45, 2.75) is 249 Å². The first-order valence-electron chi connectivity index (χ1n) is 23.9. The molecule has 11 nitrogen and oxygen atoms in total. The van der Waals surface area contributed by atoms with Crippen molar-refractivity contribution in [1.82, 2.24) is 5.32 Å². The number of nitrogens with one attached hydrogen (secondary N) is 1. The molecular weight excluding hydrogens is 751 g/mol. The van der Waals surface area contributed by atoms with Crippen LogP contribution in [0.1, 0.15) is 194 Å². The average molecular weight is 840 g/mol. The van der Waals surface area contributed by atoms with Crippen LogP contribution in [0.2, 0.25) is 0 Å². The molecular formula is C48H89NO10. The Bertz CT molecular complexity index is 1050. The van der Waals surface area contributed by atoms with Crippen LogP contribution in [0.3, 0.4) is 0 Å². The molecule has 0 aliphatic carbocycles. The van der Waals surface area contributed by atoms with Gasteiger partial charge in [0.25, 0.3) is 0 Å². The van der Waals surface area contributed by atoms with Crippen LogP contribution < -0.4 is 5.32 Å². The van der Waals surface area contributed by atoms with Crippen molar-refractivity contribution in [3.8, 4) is 0 Å². The zero-order chi connectivity index (χ0) is 43.4. The molecule has 1 fully saturated rings. The van der Waals surface area contributed by atoms with E-state index in [9.17, 15) is 40.5 Å². The maximum atomic E-state index is 13.0. The molecule has 0 radical (unpaired) electrons. The van der Waals surface area contributed by atoms with Crippen LogP contribution in [-0.4, -0.2) is 110 Å². The van der Waals surface area contributed by atoms with Crippen LogP contribution in [0.15, 0.2) is 36.5 Å². The minimum absolute atomic E-state index is 0.242. The summed E-state index contributed by atoms with van der Waals surface area (Å²) in [6.45, 7) is 3.39. The van der Waals surface area contributed by atoms with Crippen molar-refractivity contribution in [1.29, 1.82) is 0 Å². The Morgan fingerprint density at radius 2 is 1.02 bits per heavy atom. The lowest BCUT2D eigenvalue weighted by Gasteiger charge is -2.40. The first-order chi connectivity index (χ1) is 28.7. The van der Waals surface area contributed by atoms with Gasteiger partial charge >= 0.3 is 0 Å². The number of rotatable bonds is 39. The van der Waals surface area contributed by atoms with E-state index in [2.05, 4.69) is 55.6 Å². The van der Waals surface area contributed by atoms with E-state index in [1.165, 1.54) is 103 Å². The highest BCUT2D eigenvalue weighted by atomic mass is 16.7. The van der Waals surface area contributed by atoms with Gasteiger partial charge < -0.3 is 50.5 Å². The van der Waals surface area contributed by atoms with Crippen LogP contribution in [0.5, 0.6) is 0 Å². The number of aliphatic hydroxyl groups excluding tert-OH is 7. The molecule has 11 heteroatoms. The fourth-order valence-corrected chi connectivity index (χ4v) is 7.41. The molecule has 9 unspecified atom stereocenters. The van der Waals surface area contributed by atoms with Gasteiger partial charge in [0.05, 0.1) is 25.4 Å². The Morgan fingerprint density at radius 3 is 1.51 bits per heavy atom. The van der Waals surface area contributed by atoms with Crippen molar-refractivity contribution in [2.75, 3.05) is 13.2 Å². The largest absolute Gasteiger partial charge is 0.394 e. The van der Waals surface area contributed by atoms with Crippen LogP contribution in [0.4, 0.5) is 0 Å². The lowest BCUT2D eigenvalue weighted by molar-refractivity contribution is -0.303. The predicted molar refractivity (Wildman–Crippen MR) is 238 cm³/mol. The molecule has 1 rings (SSSR count). The molecule has 59 heavy (non-hydrogen) atoms. The quantitative estimate of drug-likeness (QED) is 0.0223. The van der Waals surface area contributed by atoms with E-state index < -0.39 is 74.2 Å². The molecule has 8 N–H and O–H groups in total. The minimum atomic E-state index is -1.67. The summed E-state index contributed by atoms with van der Waals surface area (Å²) >= 11 is 0. The van der Waals surface area contributed by atoms with Gasteiger partial charge in [-0.3, -0.25) is 4.79 Å². The zero-order valence-corrected chi connectivity index (χ0v) is 37.2. The predicted octanol–water partition coefficient (Wildman–Crippen LogP) is 8.00. The fourth-order valence-electron chi connectivity index (χ4n) is 7.41. The number of allylic oxidation sites excluding steroid dienone is 6. The second-order valence-corrected chi connectivity index (χ2v) is 16.8. The monoisotopic (exact) mass is 840 g/mol. The van der Waals surface area contributed by atoms with Crippen molar-refractivity contribution >= 4 is 5.91 Å². The summed E-state index contributed by atoms with van der Waals surface area (Å²) in [5.41, 5.74) is 0. The van der Waals surface area contributed by atoms with E-state index in [0.717, 1.165) is 44.9 Å². The van der Waals surface area contributed by atoms with Gasteiger partial charge in [0.15, 0.2) is 6.29 Å². The van der Waals surface area contributed by atoms with E-state index in [4.69, 9.17) is 9.47 Å². The third-order valence-electron chi connectivity index (χ3n) is 11.4. The Hall–Kier alpha value is -1.67. The second-order valence-electron chi connectivity index (χ2n) is 16.8. The molecule has 9 atom stereocenters. The van der Waals surface area contributed by atoms with E-state index in [0.29, 0.717) is 19.3 Å². The molecule has 0 aromatic rings. The zero-order valence-electron chi connectivity index (χ0n) is 37.2. The number of hydrogen-bond donors (Lipinski definition) is 8. The third-order valence-corrected chi connectivity index (χ3v) is 11.4. The van der Waals surface area contributed by atoms with E-state index in [1.54, 1.807) is 0 Å². The summed E-state index contributed by atoms with van der Waals surface area (Å²) in [6, 6.07) is -1.19. The highest BCUT2D eigenvalue weighted by molar-refractivity contribution is 5.80. The third kappa shape index (κ3) is 27.8. The molecule has 346 valence electrons. The number of unbranched alkanes of at least 4 members (excludes halogenated alkanes) is 21. The Kier molecular flexibility index (Phi) is 35.7. The molecule has 0 saturated carbocycles. The lowest BCUT2D eigenvalue weighted by Crippen LogP contribution is -2.60. The van der Waals surface area contributed by atoms with Crippen molar-refractivity contribution in [3.05, 3.63) is 36.5 Å². The van der Waals surface area contributed by atoms with Gasteiger partial charge in [-0.05, 0) is 64.2 Å². The summed E-state index contributed by atoms with van der Waals surface area (Å²) in [5, 5.41) is 75.6. The standard InChI is InChI=1S/C48H89NO10/c1-3-5-7-9-11-13-15-16-17-18-19-20-21-22-23-24-26-27-29-31-33-35-40(51)43(53)39(38-58-48-46(56)45(55)44(54)42(37-50)59-48)49-47(57)41(52)36-34-32-30-28-25-14-12-10-8-6-4-2/h18-19,22-23,27,29,39-46,48,50-56H,3-17,20-21,24-26,28,30-38H2,1-2H3,(H,49,57)/b19-18+,23-22+,29-27+. The number of aliphatic hydroxyl groups is 7. The maximum absolute atomic E-state index is 13.0. The van der Waals surface area contributed by atoms with Crippen molar-refractivity contribution < 1.29 is 50.0 Å². The van der Waals surface area contributed by atoms with Gasteiger partial charge in [0, 0.05) is 0 Å². The number of amides is 1. The summed E-state index contributed by atoms with van der Waals surface area (Å²) in [4.78, 5) is 13.0. The van der Waals surface area contributed by atoms with E-state index in [1.807, 2.05) is 0 Å². The average Bonchev–Trinajstić information content (AvgIpc) is 3.23. The number of carbonyl (C=O) groups excluding carboxylic acids is 1. The summed E-state index contributed by atoms with van der Waals surface area (Å²) < 4.78 is 11.1. The molecule has 0 bridgehead atoms. The first kappa shape index (κ1) is 55.3. The molecule has 1 aliphatic rings.